The molecular formula is C13H24N2O2. The Balaban J connectivity index is 1.98. The van der Waals surface area contributed by atoms with Crippen LogP contribution in [0.5, 0.6) is 0 Å². The maximum Gasteiger partial charge on any atom is 0.251 e. The SMILES string of the molecule is CC1CCC(CN)(OC2CCN(C)C2=O)CC1. The molecule has 1 aliphatic heterocycles. The van der Waals surface area contributed by atoms with Gasteiger partial charge in [-0.15, -0.1) is 0 Å². The molecule has 1 atom stereocenters. The number of likely N-dealkylation sites (tertiary alicyclic amines) is 1. The predicted molar refractivity (Wildman–Crippen MR) is 66.5 cm³/mol. The van der Waals surface area contributed by atoms with Gasteiger partial charge in [0.2, 0.25) is 0 Å². The van der Waals surface area contributed by atoms with Crippen LogP contribution < -0.4 is 5.73 Å². The summed E-state index contributed by atoms with van der Waals surface area (Å²) in [6.07, 6.45) is 4.88. The Labute approximate surface area is 103 Å². The van der Waals surface area contributed by atoms with Crippen LogP contribution in [0.25, 0.3) is 0 Å². The van der Waals surface area contributed by atoms with Crippen molar-refractivity contribution in [2.24, 2.45) is 11.7 Å². The number of rotatable bonds is 3. The van der Waals surface area contributed by atoms with Crippen molar-refractivity contribution < 1.29 is 9.53 Å². The number of hydrogen-bond donors (Lipinski definition) is 1. The first-order chi connectivity index (χ1) is 8.06. The van der Waals surface area contributed by atoms with Gasteiger partial charge in [-0.05, 0) is 31.6 Å². The zero-order chi connectivity index (χ0) is 12.5. The second kappa shape index (κ2) is 4.94. The smallest absolute Gasteiger partial charge is 0.251 e. The monoisotopic (exact) mass is 240 g/mol. The first-order valence-electron chi connectivity index (χ1n) is 6.69. The minimum absolute atomic E-state index is 0.122. The summed E-state index contributed by atoms with van der Waals surface area (Å²) in [6, 6.07) is 0. The molecule has 0 spiro atoms. The predicted octanol–water partition coefficient (Wildman–Crippen LogP) is 1.14. The highest BCUT2D eigenvalue weighted by molar-refractivity contribution is 5.82. The molecule has 0 radical (unpaired) electrons. The lowest BCUT2D eigenvalue weighted by atomic mass is 9.79. The Hall–Kier alpha value is -0.610. The third kappa shape index (κ3) is 2.63. The molecule has 0 aromatic carbocycles. The van der Waals surface area contributed by atoms with Crippen LogP contribution in [0.3, 0.4) is 0 Å². The highest BCUT2D eigenvalue weighted by atomic mass is 16.5. The van der Waals surface area contributed by atoms with Gasteiger partial charge in [-0.1, -0.05) is 6.92 Å². The molecule has 1 saturated carbocycles. The van der Waals surface area contributed by atoms with Gasteiger partial charge in [0.1, 0.15) is 6.10 Å². The normalized spacial score (nSPS) is 38.8. The first-order valence-corrected chi connectivity index (χ1v) is 6.69. The van der Waals surface area contributed by atoms with Gasteiger partial charge in [0.15, 0.2) is 0 Å². The van der Waals surface area contributed by atoms with E-state index in [2.05, 4.69) is 6.92 Å². The lowest BCUT2D eigenvalue weighted by Gasteiger charge is -2.39. The summed E-state index contributed by atoms with van der Waals surface area (Å²) in [7, 11) is 1.84. The van der Waals surface area contributed by atoms with E-state index in [4.69, 9.17) is 10.5 Å². The third-order valence-electron chi connectivity index (χ3n) is 4.33. The summed E-state index contributed by atoms with van der Waals surface area (Å²) < 4.78 is 6.10. The fraction of sp³-hybridized carbons (Fsp3) is 0.923. The van der Waals surface area contributed by atoms with E-state index >= 15 is 0 Å². The lowest BCUT2D eigenvalue weighted by molar-refractivity contribution is -0.153. The van der Waals surface area contributed by atoms with Gasteiger partial charge >= 0.3 is 0 Å². The Bertz CT molecular complexity index is 285. The van der Waals surface area contributed by atoms with Crippen molar-refractivity contribution in [1.82, 2.24) is 4.90 Å². The number of likely N-dealkylation sites (N-methyl/N-ethyl adjacent to an activating group) is 1. The van der Waals surface area contributed by atoms with E-state index in [0.29, 0.717) is 6.54 Å². The second-order valence-electron chi connectivity index (χ2n) is 5.72. The molecule has 0 aromatic rings. The van der Waals surface area contributed by atoms with Crippen molar-refractivity contribution >= 4 is 5.91 Å². The Morgan fingerprint density at radius 3 is 2.53 bits per heavy atom. The maximum atomic E-state index is 11.9. The van der Waals surface area contributed by atoms with Crippen LogP contribution in [0.4, 0.5) is 0 Å². The Morgan fingerprint density at radius 1 is 1.41 bits per heavy atom. The van der Waals surface area contributed by atoms with Crippen LogP contribution in [-0.4, -0.2) is 42.6 Å². The van der Waals surface area contributed by atoms with E-state index in [1.54, 1.807) is 4.90 Å². The molecule has 1 heterocycles. The minimum atomic E-state index is -0.253. The minimum Gasteiger partial charge on any atom is -0.361 e. The molecule has 1 amide bonds. The van der Waals surface area contributed by atoms with Crippen LogP contribution in [0.15, 0.2) is 0 Å². The molecule has 98 valence electrons. The van der Waals surface area contributed by atoms with Gasteiger partial charge in [-0.3, -0.25) is 4.79 Å². The van der Waals surface area contributed by atoms with E-state index in [1.807, 2.05) is 7.05 Å². The molecule has 2 fully saturated rings. The molecule has 1 saturated heterocycles. The average Bonchev–Trinajstić information content (AvgIpc) is 2.64. The van der Waals surface area contributed by atoms with Crippen LogP contribution in [0.1, 0.15) is 39.0 Å². The number of nitrogens with two attached hydrogens (primary N) is 1. The van der Waals surface area contributed by atoms with Crippen molar-refractivity contribution in [2.75, 3.05) is 20.1 Å². The molecule has 2 rings (SSSR count). The van der Waals surface area contributed by atoms with Crippen molar-refractivity contribution in [3.05, 3.63) is 0 Å². The second-order valence-corrected chi connectivity index (χ2v) is 5.72. The molecular weight excluding hydrogens is 216 g/mol. The molecule has 2 N–H and O–H groups in total. The molecule has 4 heteroatoms. The standard InChI is InChI=1S/C13H24N2O2/c1-10-3-6-13(9-14,7-4-10)17-11-5-8-15(2)12(11)16/h10-11H,3-9,14H2,1-2H3. The molecule has 2 aliphatic rings. The van der Waals surface area contributed by atoms with E-state index in [1.165, 1.54) is 0 Å². The molecule has 1 unspecified atom stereocenters. The number of nitrogens with zero attached hydrogens (tertiary/aromatic N) is 1. The topological polar surface area (TPSA) is 55.6 Å². The van der Waals surface area contributed by atoms with E-state index in [0.717, 1.165) is 44.6 Å². The van der Waals surface area contributed by atoms with Crippen LogP contribution >= 0.6 is 0 Å². The van der Waals surface area contributed by atoms with Crippen molar-refractivity contribution in [3.63, 3.8) is 0 Å². The summed E-state index contributed by atoms with van der Waals surface area (Å²) in [5, 5.41) is 0. The lowest BCUT2D eigenvalue weighted by Crippen LogP contribution is -2.47. The molecule has 4 nitrogen and oxygen atoms in total. The fourth-order valence-electron chi connectivity index (χ4n) is 2.86. The number of carbonyl (C=O) groups is 1. The van der Waals surface area contributed by atoms with Gasteiger partial charge in [-0.2, -0.15) is 0 Å². The molecule has 17 heavy (non-hydrogen) atoms. The largest absolute Gasteiger partial charge is 0.361 e. The summed E-state index contributed by atoms with van der Waals surface area (Å²) in [5.41, 5.74) is 5.65. The van der Waals surface area contributed by atoms with Crippen molar-refractivity contribution in [2.45, 2.75) is 50.7 Å². The van der Waals surface area contributed by atoms with Gasteiger partial charge in [0, 0.05) is 26.6 Å². The molecule has 0 bridgehead atoms. The van der Waals surface area contributed by atoms with Crippen molar-refractivity contribution in [1.29, 1.82) is 0 Å². The quantitative estimate of drug-likeness (QED) is 0.805. The van der Waals surface area contributed by atoms with Gasteiger partial charge in [0.05, 0.1) is 5.60 Å². The van der Waals surface area contributed by atoms with Gasteiger partial charge < -0.3 is 15.4 Å². The van der Waals surface area contributed by atoms with Crippen LogP contribution in [0, 0.1) is 5.92 Å². The van der Waals surface area contributed by atoms with Gasteiger partial charge in [0.25, 0.3) is 5.91 Å². The van der Waals surface area contributed by atoms with E-state index in [-0.39, 0.29) is 17.6 Å². The summed E-state index contributed by atoms with van der Waals surface area (Å²) in [6.45, 7) is 3.61. The maximum absolute atomic E-state index is 11.9. The highest BCUT2D eigenvalue weighted by Gasteiger charge is 2.40. The number of carbonyl (C=O) groups excluding carboxylic acids is 1. The van der Waals surface area contributed by atoms with Crippen LogP contribution in [0.2, 0.25) is 0 Å². The van der Waals surface area contributed by atoms with Crippen molar-refractivity contribution in [3.8, 4) is 0 Å². The number of hydrogen-bond acceptors (Lipinski definition) is 3. The summed E-state index contributed by atoms with van der Waals surface area (Å²) in [5.74, 6) is 0.886. The zero-order valence-corrected chi connectivity index (χ0v) is 10.9. The summed E-state index contributed by atoms with van der Waals surface area (Å²) >= 11 is 0. The zero-order valence-electron chi connectivity index (χ0n) is 10.9. The van der Waals surface area contributed by atoms with E-state index < -0.39 is 0 Å². The van der Waals surface area contributed by atoms with E-state index in [9.17, 15) is 4.79 Å². The average molecular weight is 240 g/mol. The Morgan fingerprint density at radius 2 is 2.06 bits per heavy atom. The number of amides is 1. The fourth-order valence-corrected chi connectivity index (χ4v) is 2.86. The molecule has 0 aromatic heterocycles. The van der Waals surface area contributed by atoms with Crippen LogP contribution in [-0.2, 0) is 9.53 Å². The molecule has 1 aliphatic carbocycles. The number of ether oxygens (including phenoxy) is 1. The highest BCUT2D eigenvalue weighted by Crippen LogP contribution is 2.36. The first kappa shape index (κ1) is 12.8. The summed E-state index contributed by atoms with van der Waals surface area (Å²) in [4.78, 5) is 13.6. The third-order valence-corrected chi connectivity index (χ3v) is 4.33. The van der Waals surface area contributed by atoms with Gasteiger partial charge in [-0.25, -0.2) is 0 Å². The Kier molecular flexibility index (Phi) is 3.73.